The van der Waals surface area contributed by atoms with Crippen LogP contribution in [0.15, 0.2) is 32.6 Å². The third-order valence-corrected chi connectivity index (χ3v) is 5.95. The SMILES string of the molecule is COCCn1c(SC2CCCCC2=O)nc2ccc(Br)cc2c1=O. The molecule has 0 radical (unpaired) electrons. The topological polar surface area (TPSA) is 61.2 Å². The van der Waals surface area contributed by atoms with Crippen molar-refractivity contribution in [1.29, 1.82) is 0 Å². The monoisotopic (exact) mass is 410 g/mol. The Morgan fingerprint density at radius 2 is 2.21 bits per heavy atom. The van der Waals surface area contributed by atoms with Crippen LogP contribution in [0.1, 0.15) is 25.7 Å². The van der Waals surface area contributed by atoms with E-state index in [1.165, 1.54) is 11.8 Å². The van der Waals surface area contributed by atoms with Crippen LogP contribution in [-0.4, -0.2) is 34.3 Å². The van der Waals surface area contributed by atoms with Crippen LogP contribution in [0.2, 0.25) is 0 Å². The number of ketones is 1. The Kier molecular flexibility index (Phi) is 5.73. The van der Waals surface area contributed by atoms with Crippen molar-refractivity contribution in [3.8, 4) is 0 Å². The van der Waals surface area contributed by atoms with Crippen LogP contribution in [0.5, 0.6) is 0 Å². The van der Waals surface area contributed by atoms with Crippen molar-refractivity contribution >= 4 is 44.4 Å². The second-order valence-electron chi connectivity index (χ2n) is 5.82. The Balaban J connectivity index is 2.05. The van der Waals surface area contributed by atoms with E-state index >= 15 is 0 Å². The third-order valence-electron chi connectivity index (χ3n) is 4.15. The maximum absolute atomic E-state index is 12.9. The molecule has 0 aliphatic heterocycles. The predicted molar refractivity (Wildman–Crippen MR) is 98.7 cm³/mol. The lowest BCUT2D eigenvalue weighted by molar-refractivity contribution is -0.119. The van der Waals surface area contributed by atoms with E-state index in [-0.39, 0.29) is 16.6 Å². The Bertz CT molecular complexity index is 821. The molecule has 1 fully saturated rings. The minimum atomic E-state index is -0.104. The second kappa shape index (κ2) is 7.80. The van der Waals surface area contributed by atoms with Gasteiger partial charge in [-0.3, -0.25) is 14.2 Å². The molecule has 1 aliphatic rings. The molecule has 0 saturated heterocycles. The Hall–Kier alpha value is -1.18. The summed E-state index contributed by atoms with van der Waals surface area (Å²) >= 11 is 4.82. The van der Waals surface area contributed by atoms with Gasteiger partial charge in [0.25, 0.3) is 5.56 Å². The molecule has 7 heteroatoms. The maximum Gasteiger partial charge on any atom is 0.262 e. The number of Topliss-reactive ketones (excluding diaryl/α,β-unsaturated/α-hetero) is 1. The number of carbonyl (C=O) groups excluding carboxylic acids is 1. The van der Waals surface area contributed by atoms with E-state index in [0.29, 0.717) is 35.6 Å². The quantitative estimate of drug-likeness (QED) is 0.706. The summed E-state index contributed by atoms with van der Waals surface area (Å²) in [6.45, 7) is 0.849. The predicted octanol–water partition coefficient (Wildman–Crippen LogP) is 3.41. The zero-order chi connectivity index (χ0) is 17.1. The van der Waals surface area contributed by atoms with E-state index in [4.69, 9.17) is 4.74 Å². The Morgan fingerprint density at radius 3 is 2.96 bits per heavy atom. The lowest BCUT2D eigenvalue weighted by Crippen LogP contribution is -2.28. The van der Waals surface area contributed by atoms with Crippen LogP contribution in [0.4, 0.5) is 0 Å². The minimum absolute atomic E-state index is 0.0934. The molecule has 1 aliphatic carbocycles. The zero-order valence-corrected chi connectivity index (χ0v) is 15.9. The van der Waals surface area contributed by atoms with Gasteiger partial charge in [0.05, 0.1) is 29.3 Å². The number of benzene rings is 1. The highest BCUT2D eigenvalue weighted by Gasteiger charge is 2.25. The van der Waals surface area contributed by atoms with Gasteiger partial charge in [0.15, 0.2) is 5.16 Å². The summed E-state index contributed by atoms with van der Waals surface area (Å²) in [5.74, 6) is 0.259. The van der Waals surface area contributed by atoms with Crippen molar-refractivity contribution in [1.82, 2.24) is 9.55 Å². The van der Waals surface area contributed by atoms with Gasteiger partial charge in [0.1, 0.15) is 5.78 Å². The molecule has 1 saturated carbocycles. The van der Waals surface area contributed by atoms with Crippen LogP contribution in [0, 0.1) is 0 Å². The number of ether oxygens (including phenoxy) is 1. The lowest BCUT2D eigenvalue weighted by atomic mass is 9.99. The highest BCUT2D eigenvalue weighted by Crippen LogP contribution is 2.31. The molecule has 128 valence electrons. The van der Waals surface area contributed by atoms with Gasteiger partial charge in [-0.1, -0.05) is 34.1 Å². The number of aromatic nitrogens is 2. The minimum Gasteiger partial charge on any atom is -0.383 e. The highest BCUT2D eigenvalue weighted by atomic mass is 79.9. The van der Waals surface area contributed by atoms with E-state index in [2.05, 4.69) is 20.9 Å². The summed E-state index contributed by atoms with van der Waals surface area (Å²) in [6.07, 6.45) is 3.49. The molecule has 24 heavy (non-hydrogen) atoms. The molecular weight excluding hydrogens is 392 g/mol. The summed E-state index contributed by atoms with van der Waals surface area (Å²) in [5.41, 5.74) is 0.562. The number of hydrogen-bond acceptors (Lipinski definition) is 5. The molecule has 0 N–H and O–H groups in total. The number of nitrogens with zero attached hydrogens (tertiary/aromatic N) is 2. The molecule has 1 aromatic heterocycles. The lowest BCUT2D eigenvalue weighted by Gasteiger charge is -2.21. The largest absolute Gasteiger partial charge is 0.383 e. The van der Waals surface area contributed by atoms with E-state index in [9.17, 15) is 9.59 Å². The van der Waals surface area contributed by atoms with Crippen molar-refractivity contribution in [3.05, 3.63) is 33.0 Å². The standard InChI is InChI=1S/C17H19BrN2O3S/c1-23-9-8-20-16(22)12-10-11(18)6-7-13(12)19-17(20)24-15-5-3-2-4-14(15)21/h6-7,10,15H,2-5,8-9H2,1H3. The fraction of sp³-hybridized carbons (Fsp3) is 0.471. The van der Waals surface area contributed by atoms with Crippen LogP contribution < -0.4 is 5.56 Å². The normalized spacial score (nSPS) is 18.2. The Labute approximate surface area is 152 Å². The van der Waals surface area contributed by atoms with Crippen molar-refractivity contribution in [2.45, 2.75) is 42.6 Å². The molecule has 2 aromatic rings. The van der Waals surface area contributed by atoms with E-state index in [0.717, 1.165) is 23.7 Å². The van der Waals surface area contributed by atoms with Gasteiger partial charge < -0.3 is 4.74 Å². The number of rotatable bonds is 5. The fourth-order valence-electron chi connectivity index (χ4n) is 2.85. The van der Waals surface area contributed by atoms with E-state index in [1.807, 2.05) is 12.1 Å². The van der Waals surface area contributed by atoms with Crippen molar-refractivity contribution in [3.63, 3.8) is 0 Å². The number of methoxy groups -OCH3 is 1. The molecule has 1 unspecified atom stereocenters. The summed E-state index contributed by atoms with van der Waals surface area (Å²) in [5, 5.41) is 1.07. The summed E-state index contributed by atoms with van der Waals surface area (Å²) in [7, 11) is 1.60. The molecule has 1 aromatic carbocycles. The smallest absolute Gasteiger partial charge is 0.262 e. The molecular formula is C17H19BrN2O3S. The molecule has 1 atom stereocenters. The first-order chi connectivity index (χ1) is 11.6. The van der Waals surface area contributed by atoms with Crippen LogP contribution in [0.3, 0.4) is 0 Å². The van der Waals surface area contributed by atoms with Crippen LogP contribution in [-0.2, 0) is 16.1 Å². The van der Waals surface area contributed by atoms with Gasteiger partial charge in [-0.05, 0) is 31.0 Å². The average Bonchev–Trinajstić information content (AvgIpc) is 2.57. The van der Waals surface area contributed by atoms with Crippen LogP contribution in [0.25, 0.3) is 10.9 Å². The van der Waals surface area contributed by atoms with E-state index in [1.54, 1.807) is 17.7 Å². The van der Waals surface area contributed by atoms with Crippen molar-refractivity contribution in [2.75, 3.05) is 13.7 Å². The Morgan fingerprint density at radius 1 is 1.38 bits per heavy atom. The maximum atomic E-state index is 12.9. The highest BCUT2D eigenvalue weighted by molar-refractivity contribution is 9.10. The van der Waals surface area contributed by atoms with Gasteiger partial charge in [-0.25, -0.2) is 4.98 Å². The zero-order valence-electron chi connectivity index (χ0n) is 13.5. The fourth-order valence-corrected chi connectivity index (χ4v) is 4.45. The molecule has 0 bridgehead atoms. The van der Waals surface area contributed by atoms with Gasteiger partial charge in [-0.2, -0.15) is 0 Å². The number of hydrogen-bond donors (Lipinski definition) is 0. The molecule has 0 spiro atoms. The number of fused-ring (bicyclic) bond motifs is 1. The summed E-state index contributed by atoms with van der Waals surface area (Å²) in [4.78, 5) is 29.7. The van der Waals surface area contributed by atoms with Gasteiger partial charge in [0.2, 0.25) is 0 Å². The van der Waals surface area contributed by atoms with Gasteiger partial charge in [-0.15, -0.1) is 0 Å². The molecule has 3 rings (SSSR count). The summed E-state index contributed by atoms with van der Waals surface area (Å²) < 4.78 is 7.60. The first-order valence-corrected chi connectivity index (χ1v) is 9.66. The first-order valence-electron chi connectivity index (χ1n) is 7.98. The molecule has 5 nitrogen and oxygen atoms in total. The third kappa shape index (κ3) is 3.73. The van der Waals surface area contributed by atoms with Gasteiger partial charge in [0, 0.05) is 18.0 Å². The van der Waals surface area contributed by atoms with Crippen LogP contribution >= 0.6 is 27.7 Å². The summed E-state index contributed by atoms with van der Waals surface area (Å²) in [6, 6.07) is 5.48. The second-order valence-corrected chi connectivity index (χ2v) is 7.91. The van der Waals surface area contributed by atoms with Gasteiger partial charge >= 0.3 is 0 Å². The molecule has 1 heterocycles. The number of thioether (sulfide) groups is 1. The number of halogens is 1. The van der Waals surface area contributed by atoms with E-state index < -0.39 is 0 Å². The van der Waals surface area contributed by atoms with Crippen molar-refractivity contribution in [2.24, 2.45) is 0 Å². The first kappa shape index (κ1) is 17.6. The van der Waals surface area contributed by atoms with Crippen molar-refractivity contribution < 1.29 is 9.53 Å². The molecule has 0 amide bonds. The average molecular weight is 411 g/mol. The number of carbonyl (C=O) groups is 1.